The Morgan fingerprint density at radius 3 is 1.79 bits per heavy atom. The van der Waals surface area contributed by atoms with Crippen molar-refractivity contribution in [1.82, 2.24) is 9.97 Å². The predicted octanol–water partition coefficient (Wildman–Crippen LogP) is 4.23. The van der Waals surface area contributed by atoms with Crippen LogP contribution in [0.5, 0.6) is 11.8 Å². The molecule has 2 rings (SSSR count). The van der Waals surface area contributed by atoms with Crippen LogP contribution in [-0.2, 0) is 20.8 Å². The predicted molar refractivity (Wildman–Crippen MR) is 167 cm³/mol. The van der Waals surface area contributed by atoms with Crippen LogP contribution in [0.25, 0.3) is 0 Å². The number of aromatic hydroxyl groups is 1. The van der Waals surface area contributed by atoms with E-state index in [4.69, 9.17) is 18.9 Å². The summed E-state index contributed by atoms with van der Waals surface area (Å²) in [5, 5.41) is 9.53. The number of unbranched alkanes of at least 4 members (excludes halogenated alkanes) is 15. The van der Waals surface area contributed by atoms with E-state index in [0.29, 0.717) is 45.6 Å². The van der Waals surface area contributed by atoms with Crippen molar-refractivity contribution in [2.24, 2.45) is 0 Å². The van der Waals surface area contributed by atoms with Crippen LogP contribution in [0.3, 0.4) is 0 Å². The zero-order valence-corrected chi connectivity index (χ0v) is 27.4. The highest BCUT2D eigenvalue weighted by molar-refractivity contribution is 5.09. The second-order valence-corrected chi connectivity index (χ2v) is 11.1. The molecule has 1 unspecified atom stereocenters. The van der Waals surface area contributed by atoms with Gasteiger partial charge in [-0.25, -0.2) is 9.97 Å². The summed E-state index contributed by atoms with van der Waals surface area (Å²) in [7, 11) is 0. The second-order valence-electron chi connectivity index (χ2n) is 11.1. The van der Waals surface area contributed by atoms with Crippen molar-refractivity contribution in [3.8, 4) is 11.8 Å². The fraction of sp³-hybridized carbons (Fsp3) is 0.735. The summed E-state index contributed by atoms with van der Waals surface area (Å²) in [6.45, 7) is 5.97. The quantitative estimate of drug-likeness (QED) is 0.107. The number of halogens is 1. The monoisotopic (exact) mass is 623 g/mol. The van der Waals surface area contributed by atoms with Crippen LogP contribution in [0.4, 0.5) is 0 Å². The molecule has 8 nitrogen and oxygen atoms in total. The van der Waals surface area contributed by atoms with Gasteiger partial charge in [0, 0.05) is 25.1 Å². The van der Waals surface area contributed by atoms with Gasteiger partial charge in [-0.2, -0.15) is 4.57 Å². The van der Waals surface area contributed by atoms with E-state index in [-0.39, 0.29) is 24.3 Å². The van der Waals surface area contributed by atoms with Gasteiger partial charge in [0.15, 0.2) is 18.5 Å². The number of aromatic nitrogens is 3. The van der Waals surface area contributed by atoms with Gasteiger partial charge in [0.2, 0.25) is 6.20 Å². The zero-order valence-electron chi connectivity index (χ0n) is 26.7. The Morgan fingerprint density at radius 2 is 1.21 bits per heavy atom. The van der Waals surface area contributed by atoms with Crippen molar-refractivity contribution in [3.05, 3.63) is 43.0 Å². The highest BCUT2D eigenvalue weighted by Gasteiger charge is 2.13. The molecule has 0 spiro atoms. The molecule has 0 aromatic carbocycles. The van der Waals surface area contributed by atoms with Crippen LogP contribution < -0.4 is 21.7 Å². The third-order valence-electron chi connectivity index (χ3n) is 7.27. The van der Waals surface area contributed by atoms with Crippen molar-refractivity contribution >= 4 is 0 Å². The molecule has 246 valence electrons. The van der Waals surface area contributed by atoms with Crippen molar-refractivity contribution in [3.63, 3.8) is 0 Å². The van der Waals surface area contributed by atoms with Crippen LogP contribution in [0.2, 0.25) is 0 Å². The molecule has 0 saturated carbocycles. The van der Waals surface area contributed by atoms with E-state index in [2.05, 4.69) is 16.9 Å². The molecule has 1 N–H and O–H groups in total. The van der Waals surface area contributed by atoms with Gasteiger partial charge < -0.3 is 36.5 Å². The SMILES string of the molecule is CCCCCCCCCCCCCCCCCCOCC(COCCOCC[n+]1cccc(O)c1)Oc1ncccn1.[Cl-]. The fourth-order valence-electron chi connectivity index (χ4n) is 4.83. The number of hydrogen-bond donors (Lipinski definition) is 1. The van der Waals surface area contributed by atoms with Gasteiger partial charge in [-0.05, 0) is 18.6 Å². The first kappa shape index (κ1) is 39.0. The number of ether oxygens (including phenoxy) is 4. The maximum atomic E-state index is 9.53. The van der Waals surface area contributed by atoms with Crippen LogP contribution in [0.15, 0.2) is 43.0 Å². The number of hydrogen-bond acceptors (Lipinski definition) is 7. The average Bonchev–Trinajstić information content (AvgIpc) is 3.00. The first-order valence-corrected chi connectivity index (χ1v) is 16.6. The van der Waals surface area contributed by atoms with Gasteiger partial charge in [0.1, 0.15) is 12.7 Å². The molecule has 0 aliphatic heterocycles. The van der Waals surface area contributed by atoms with Gasteiger partial charge >= 0.3 is 6.01 Å². The molecule has 0 aliphatic rings. The summed E-state index contributed by atoms with van der Waals surface area (Å²) in [5.41, 5.74) is 0. The minimum Gasteiger partial charge on any atom is -1.00 e. The van der Waals surface area contributed by atoms with Gasteiger partial charge in [-0.1, -0.05) is 103 Å². The third kappa shape index (κ3) is 23.1. The Balaban J connectivity index is 0.00000924. The summed E-state index contributed by atoms with van der Waals surface area (Å²) in [4.78, 5) is 8.33. The largest absolute Gasteiger partial charge is 1.00 e. The van der Waals surface area contributed by atoms with Gasteiger partial charge in [0.05, 0.1) is 26.4 Å². The summed E-state index contributed by atoms with van der Waals surface area (Å²) in [6, 6.07) is 5.54. The first-order chi connectivity index (χ1) is 20.8. The zero-order chi connectivity index (χ0) is 29.8. The van der Waals surface area contributed by atoms with E-state index in [9.17, 15) is 5.11 Å². The van der Waals surface area contributed by atoms with Crippen LogP contribution in [-0.4, -0.2) is 60.8 Å². The Bertz CT molecular complexity index is 865. The van der Waals surface area contributed by atoms with E-state index < -0.39 is 0 Å². The molecule has 0 amide bonds. The van der Waals surface area contributed by atoms with Crippen LogP contribution >= 0.6 is 0 Å². The molecule has 0 aliphatic carbocycles. The molecule has 43 heavy (non-hydrogen) atoms. The normalized spacial score (nSPS) is 11.7. The highest BCUT2D eigenvalue weighted by Crippen LogP contribution is 2.14. The van der Waals surface area contributed by atoms with Crippen LogP contribution in [0.1, 0.15) is 110 Å². The highest BCUT2D eigenvalue weighted by atomic mass is 35.5. The minimum absolute atomic E-state index is 0. The molecule has 2 heterocycles. The molecule has 2 aromatic rings. The molecular formula is C34H58ClN3O5. The Morgan fingerprint density at radius 1 is 0.674 bits per heavy atom. The summed E-state index contributed by atoms with van der Waals surface area (Å²) in [5.74, 6) is 0.242. The van der Waals surface area contributed by atoms with Crippen molar-refractivity contribution < 1.29 is 41.0 Å². The van der Waals surface area contributed by atoms with Crippen molar-refractivity contribution in [1.29, 1.82) is 0 Å². The summed E-state index contributed by atoms with van der Waals surface area (Å²) >= 11 is 0. The Labute approximate surface area is 267 Å². The summed E-state index contributed by atoms with van der Waals surface area (Å²) in [6.07, 6.45) is 28.4. The van der Waals surface area contributed by atoms with Gasteiger partial charge in [-0.15, -0.1) is 0 Å². The molecule has 9 heteroatoms. The smallest absolute Gasteiger partial charge is 0.316 e. The molecule has 2 aromatic heterocycles. The average molecular weight is 624 g/mol. The lowest BCUT2D eigenvalue weighted by atomic mass is 10.0. The lowest BCUT2D eigenvalue weighted by Crippen LogP contribution is -3.00. The second kappa shape index (κ2) is 28.8. The minimum atomic E-state index is -0.281. The number of nitrogens with zero attached hydrogens (tertiary/aromatic N) is 3. The number of rotatable bonds is 29. The van der Waals surface area contributed by atoms with Gasteiger partial charge in [0.25, 0.3) is 0 Å². The number of pyridine rings is 1. The molecule has 0 radical (unpaired) electrons. The Hall–Kier alpha value is -2.00. The fourth-order valence-corrected chi connectivity index (χ4v) is 4.83. The lowest BCUT2D eigenvalue weighted by molar-refractivity contribution is -0.698. The summed E-state index contributed by atoms with van der Waals surface area (Å²) < 4.78 is 25.2. The lowest BCUT2D eigenvalue weighted by Gasteiger charge is -2.18. The van der Waals surface area contributed by atoms with E-state index in [1.165, 1.54) is 96.3 Å². The molecule has 1 atom stereocenters. The molecule has 0 fully saturated rings. The molecule has 0 saturated heterocycles. The molecule has 0 bridgehead atoms. The molecular weight excluding hydrogens is 566 g/mol. The van der Waals surface area contributed by atoms with Crippen LogP contribution in [0, 0.1) is 0 Å². The van der Waals surface area contributed by atoms with Crippen molar-refractivity contribution in [2.45, 2.75) is 122 Å². The van der Waals surface area contributed by atoms with E-state index >= 15 is 0 Å². The maximum absolute atomic E-state index is 9.53. The van der Waals surface area contributed by atoms with E-state index in [0.717, 1.165) is 13.0 Å². The van der Waals surface area contributed by atoms with E-state index in [1.54, 1.807) is 36.8 Å². The topological polar surface area (TPSA) is 86.8 Å². The standard InChI is InChI=1S/C34H57N3O5.ClH/c1-2-3-4-5-6-7-8-9-10-11-12-13-14-15-16-17-25-40-30-33(42-34-35-21-19-22-36-34)31-41-28-27-39-26-24-37-23-18-20-32(38)29-37;/h18-23,29,33H,2-17,24-28,30-31H2,1H3;1H. The van der Waals surface area contributed by atoms with E-state index in [1.807, 2.05) is 10.8 Å². The Kier molecular flexibility index (Phi) is 26.1. The first-order valence-electron chi connectivity index (χ1n) is 16.6. The van der Waals surface area contributed by atoms with Gasteiger partial charge in [-0.3, -0.25) is 0 Å². The van der Waals surface area contributed by atoms with Crippen molar-refractivity contribution in [2.75, 3.05) is 39.6 Å². The maximum Gasteiger partial charge on any atom is 0.316 e. The third-order valence-corrected chi connectivity index (χ3v) is 7.27.